The molecule has 1 aromatic heterocycles. The molecule has 192 valence electrons. The van der Waals surface area contributed by atoms with E-state index in [-0.39, 0.29) is 0 Å². The first-order valence-corrected chi connectivity index (χ1v) is 14.8. The Kier molecular flexibility index (Phi) is 16.9. The number of unbranched alkanes of at least 4 members (excludes halogenated alkanes) is 9. The summed E-state index contributed by atoms with van der Waals surface area (Å²) < 4.78 is 17.8. The zero-order chi connectivity index (χ0) is 24.2. The van der Waals surface area contributed by atoms with E-state index in [1.165, 1.54) is 51.4 Å². The Morgan fingerprint density at radius 3 is 1.39 bits per heavy atom. The molecule has 0 atom stereocenters. The molecular weight excluding hydrogens is 436 g/mol. The number of rotatable bonds is 22. The van der Waals surface area contributed by atoms with Gasteiger partial charge in [0.25, 0.3) is 0 Å². The number of aromatic nitrogens is 3. The number of hydrogen-bond donors (Lipinski definition) is 3. The molecule has 0 radical (unpaired) electrons. The lowest BCUT2D eigenvalue weighted by molar-refractivity contribution is 0.0706. The average molecular weight is 485 g/mol. The fourth-order valence-electron chi connectivity index (χ4n) is 3.76. The molecule has 0 amide bonds. The van der Waals surface area contributed by atoms with Crippen molar-refractivity contribution in [3.05, 3.63) is 0 Å². The van der Waals surface area contributed by atoms with E-state index in [1.807, 2.05) is 20.8 Å². The first-order valence-electron chi connectivity index (χ1n) is 12.9. The van der Waals surface area contributed by atoms with Gasteiger partial charge in [-0.2, -0.15) is 15.0 Å². The van der Waals surface area contributed by atoms with Crippen LogP contribution < -0.4 is 16.0 Å². The number of anilines is 3. The van der Waals surface area contributed by atoms with Crippen LogP contribution in [0, 0.1) is 0 Å². The lowest BCUT2D eigenvalue weighted by Crippen LogP contribution is -2.45. The van der Waals surface area contributed by atoms with Crippen LogP contribution in [-0.2, 0) is 13.3 Å². The average Bonchev–Trinajstić information content (AvgIpc) is 2.82. The molecule has 0 aliphatic heterocycles. The highest BCUT2D eigenvalue weighted by Gasteiger charge is 2.39. The highest BCUT2D eigenvalue weighted by atomic mass is 28.4. The molecular formula is C23H48N6O3Si. The molecule has 1 aromatic rings. The second-order valence-corrected chi connectivity index (χ2v) is 10.7. The summed E-state index contributed by atoms with van der Waals surface area (Å²) in [5.41, 5.74) is 0. The molecule has 10 heteroatoms. The maximum Gasteiger partial charge on any atom is 0.500 e. The third-order valence-electron chi connectivity index (χ3n) is 5.37. The minimum absolute atomic E-state index is 0.566. The normalized spacial score (nSPS) is 11.5. The molecule has 0 unspecified atom stereocenters. The zero-order valence-electron chi connectivity index (χ0n) is 21.7. The molecule has 1 heterocycles. The van der Waals surface area contributed by atoms with Crippen LogP contribution in [0.5, 0.6) is 0 Å². The standard InChI is InChI=1S/C23H48N6O3Si/c1-6-30-33(31-7-2,32-8-3)20-18-16-14-12-10-9-11-13-15-17-19-26-23-28-21(24-4)27-22(25-5)29-23/h6-20H2,1-5H3,(H3,24,25,26,27,28,29). The summed E-state index contributed by atoms with van der Waals surface area (Å²) in [7, 11) is 1.16. The highest BCUT2D eigenvalue weighted by molar-refractivity contribution is 6.60. The van der Waals surface area contributed by atoms with E-state index in [1.54, 1.807) is 14.1 Å². The smallest absolute Gasteiger partial charge is 0.374 e. The monoisotopic (exact) mass is 484 g/mol. The number of nitrogens with one attached hydrogen (secondary N) is 3. The minimum atomic E-state index is -2.45. The molecule has 0 aliphatic carbocycles. The van der Waals surface area contributed by atoms with E-state index in [9.17, 15) is 0 Å². The first kappa shape index (κ1) is 29.5. The Morgan fingerprint density at radius 1 is 0.576 bits per heavy atom. The third kappa shape index (κ3) is 13.1. The predicted molar refractivity (Wildman–Crippen MR) is 139 cm³/mol. The van der Waals surface area contributed by atoms with Gasteiger partial charge in [0.1, 0.15) is 0 Å². The Labute approximate surface area is 202 Å². The molecule has 0 bridgehead atoms. The fraction of sp³-hybridized carbons (Fsp3) is 0.870. The minimum Gasteiger partial charge on any atom is -0.374 e. The van der Waals surface area contributed by atoms with Gasteiger partial charge in [-0.3, -0.25) is 0 Å². The molecule has 0 saturated carbocycles. The van der Waals surface area contributed by atoms with E-state index < -0.39 is 8.80 Å². The summed E-state index contributed by atoms with van der Waals surface area (Å²) in [5.74, 6) is 1.75. The molecule has 0 aromatic carbocycles. The quantitative estimate of drug-likeness (QED) is 0.149. The zero-order valence-corrected chi connectivity index (χ0v) is 22.7. The van der Waals surface area contributed by atoms with Gasteiger partial charge >= 0.3 is 8.80 Å². The SMILES string of the molecule is CCO[Si](CCCCCCCCCCCCNc1nc(NC)nc(NC)n1)(OCC)OCC. The van der Waals surface area contributed by atoms with Gasteiger partial charge in [-0.05, 0) is 33.6 Å². The largest absolute Gasteiger partial charge is 0.500 e. The summed E-state index contributed by atoms with van der Waals surface area (Å²) in [6, 6.07) is 0.938. The van der Waals surface area contributed by atoms with Crippen molar-refractivity contribution in [3.8, 4) is 0 Å². The van der Waals surface area contributed by atoms with Crippen molar-refractivity contribution < 1.29 is 13.3 Å². The first-order chi connectivity index (χ1) is 16.1. The molecule has 1 rings (SSSR count). The second-order valence-electron chi connectivity index (χ2n) is 8.00. The van der Waals surface area contributed by atoms with Crippen LogP contribution in [0.15, 0.2) is 0 Å². The van der Waals surface area contributed by atoms with E-state index in [0.29, 0.717) is 37.7 Å². The van der Waals surface area contributed by atoms with E-state index in [2.05, 4.69) is 30.9 Å². The van der Waals surface area contributed by atoms with Crippen LogP contribution in [-0.4, -0.2) is 64.2 Å². The Hall–Kier alpha value is -1.49. The lowest BCUT2D eigenvalue weighted by Gasteiger charge is -2.28. The van der Waals surface area contributed by atoms with E-state index >= 15 is 0 Å². The maximum atomic E-state index is 5.93. The van der Waals surface area contributed by atoms with Crippen LogP contribution in [0.25, 0.3) is 0 Å². The molecule has 0 spiro atoms. The van der Waals surface area contributed by atoms with Crippen molar-refractivity contribution in [2.24, 2.45) is 0 Å². The van der Waals surface area contributed by atoms with Crippen LogP contribution in [0.3, 0.4) is 0 Å². The highest BCUT2D eigenvalue weighted by Crippen LogP contribution is 2.21. The summed E-state index contributed by atoms with van der Waals surface area (Å²) in [5, 5.41) is 9.20. The van der Waals surface area contributed by atoms with Gasteiger partial charge in [-0.1, -0.05) is 51.4 Å². The molecule has 0 aliphatic rings. The molecule has 33 heavy (non-hydrogen) atoms. The molecule has 9 nitrogen and oxygen atoms in total. The molecule has 0 saturated heterocycles. The summed E-state index contributed by atoms with van der Waals surface area (Å²) in [6.45, 7) is 8.92. The lowest BCUT2D eigenvalue weighted by atomic mass is 10.1. The van der Waals surface area contributed by atoms with E-state index in [4.69, 9.17) is 13.3 Å². The predicted octanol–water partition coefficient (Wildman–Crippen LogP) is 5.32. The van der Waals surface area contributed by atoms with Crippen LogP contribution in [0.4, 0.5) is 17.8 Å². The van der Waals surface area contributed by atoms with Gasteiger partial charge in [0.15, 0.2) is 0 Å². The van der Waals surface area contributed by atoms with Crippen molar-refractivity contribution in [1.82, 2.24) is 15.0 Å². The van der Waals surface area contributed by atoms with Crippen molar-refractivity contribution in [3.63, 3.8) is 0 Å². The van der Waals surface area contributed by atoms with Gasteiger partial charge < -0.3 is 29.2 Å². The fourth-order valence-corrected chi connectivity index (χ4v) is 6.45. The van der Waals surface area contributed by atoms with Crippen LogP contribution in [0.2, 0.25) is 6.04 Å². The summed E-state index contributed by atoms with van der Waals surface area (Å²) >= 11 is 0. The summed E-state index contributed by atoms with van der Waals surface area (Å²) in [4.78, 5) is 12.9. The van der Waals surface area contributed by atoms with Gasteiger partial charge in [0, 0.05) is 46.5 Å². The second kappa shape index (κ2) is 18.9. The Morgan fingerprint density at radius 2 is 0.970 bits per heavy atom. The van der Waals surface area contributed by atoms with Crippen molar-refractivity contribution in [2.75, 3.05) is 56.4 Å². The van der Waals surface area contributed by atoms with Gasteiger partial charge in [-0.25, -0.2) is 0 Å². The molecule has 3 N–H and O–H groups in total. The van der Waals surface area contributed by atoms with Crippen molar-refractivity contribution in [1.29, 1.82) is 0 Å². The molecule has 0 fully saturated rings. The topological polar surface area (TPSA) is 102 Å². The third-order valence-corrected chi connectivity index (χ3v) is 8.52. The Balaban J connectivity index is 2.03. The summed E-state index contributed by atoms with van der Waals surface area (Å²) in [6.07, 6.45) is 12.6. The van der Waals surface area contributed by atoms with Gasteiger partial charge in [-0.15, -0.1) is 0 Å². The number of hydrogen-bond acceptors (Lipinski definition) is 9. The van der Waals surface area contributed by atoms with Crippen LogP contribution in [0.1, 0.15) is 85.0 Å². The maximum absolute atomic E-state index is 5.93. The van der Waals surface area contributed by atoms with Gasteiger partial charge in [0.2, 0.25) is 17.8 Å². The number of nitrogens with zero attached hydrogens (tertiary/aromatic N) is 3. The van der Waals surface area contributed by atoms with Crippen LogP contribution >= 0.6 is 0 Å². The van der Waals surface area contributed by atoms with Crippen molar-refractivity contribution >= 4 is 26.6 Å². The van der Waals surface area contributed by atoms with E-state index in [0.717, 1.165) is 25.4 Å². The van der Waals surface area contributed by atoms with Gasteiger partial charge in [0.05, 0.1) is 0 Å². The Bertz CT molecular complexity index is 572. The van der Waals surface area contributed by atoms with Crippen molar-refractivity contribution in [2.45, 2.75) is 91.0 Å².